The van der Waals surface area contributed by atoms with E-state index < -0.39 is 0 Å². The molecule has 1 aliphatic rings. The molecule has 1 heterocycles. The van der Waals surface area contributed by atoms with Crippen molar-refractivity contribution in [3.05, 3.63) is 59.7 Å². The quantitative estimate of drug-likeness (QED) is 0.790. The molecule has 0 aromatic heterocycles. The van der Waals surface area contributed by atoms with E-state index in [0.717, 1.165) is 25.3 Å². The Balaban J connectivity index is 1.41. The topological polar surface area (TPSA) is 24.5 Å². The van der Waals surface area contributed by atoms with Crippen molar-refractivity contribution in [1.29, 1.82) is 0 Å². The summed E-state index contributed by atoms with van der Waals surface area (Å²) in [6.45, 7) is 4.33. The van der Waals surface area contributed by atoms with Crippen LogP contribution in [0.2, 0.25) is 0 Å². The number of anilines is 1. The summed E-state index contributed by atoms with van der Waals surface area (Å²) in [7, 11) is 1.70. The third-order valence-electron chi connectivity index (χ3n) is 4.49. The summed E-state index contributed by atoms with van der Waals surface area (Å²) in [5.41, 5.74) is 4.05. The van der Waals surface area contributed by atoms with Crippen molar-refractivity contribution in [2.24, 2.45) is 0 Å². The van der Waals surface area contributed by atoms with Crippen LogP contribution in [-0.2, 0) is 13.0 Å². The first-order valence-corrected chi connectivity index (χ1v) is 8.53. The zero-order chi connectivity index (χ0) is 15.9. The molecular formula is C20H26N2O. The Morgan fingerprint density at radius 1 is 0.913 bits per heavy atom. The lowest BCUT2D eigenvalue weighted by Gasteiger charge is -2.17. The highest BCUT2D eigenvalue weighted by atomic mass is 16.5. The molecule has 0 amide bonds. The molecule has 0 saturated carbocycles. The molecular weight excluding hydrogens is 284 g/mol. The SMILES string of the molecule is COc1ccc(CCNCc2ccc(N3CCCC3)cc2)cc1. The molecule has 0 bridgehead atoms. The van der Waals surface area contributed by atoms with Gasteiger partial charge in [0.15, 0.2) is 0 Å². The maximum Gasteiger partial charge on any atom is 0.118 e. The number of rotatable bonds is 7. The summed E-state index contributed by atoms with van der Waals surface area (Å²) in [6, 6.07) is 17.3. The van der Waals surface area contributed by atoms with Gasteiger partial charge in [-0.15, -0.1) is 0 Å². The van der Waals surface area contributed by atoms with Gasteiger partial charge in [0, 0.05) is 25.3 Å². The summed E-state index contributed by atoms with van der Waals surface area (Å²) >= 11 is 0. The number of benzene rings is 2. The van der Waals surface area contributed by atoms with E-state index in [1.54, 1.807) is 7.11 Å². The standard InChI is InChI=1S/C20H26N2O/c1-23-20-10-6-17(7-11-20)12-13-21-16-18-4-8-19(9-5-18)22-14-2-3-15-22/h4-11,21H,2-3,12-16H2,1H3. The van der Waals surface area contributed by atoms with Crippen molar-refractivity contribution in [3.63, 3.8) is 0 Å². The predicted octanol–water partition coefficient (Wildman–Crippen LogP) is 3.63. The Bertz CT molecular complexity index is 586. The fraction of sp³-hybridized carbons (Fsp3) is 0.400. The predicted molar refractivity (Wildman–Crippen MR) is 96.3 cm³/mol. The molecule has 0 spiro atoms. The summed E-state index contributed by atoms with van der Waals surface area (Å²) < 4.78 is 5.18. The van der Waals surface area contributed by atoms with Gasteiger partial charge in [-0.1, -0.05) is 24.3 Å². The van der Waals surface area contributed by atoms with Crippen molar-refractivity contribution in [2.45, 2.75) is 25.8 Å². The second-order valence-corrected chi connectivity index (χ2v) is 6.14. The van der Waals surface area contributed by atoms with E-state index in [-0.39, 0.29) is 0 Å². The molecule has 1 aliphatic heterocycles. The molecule has 1 fully saturated rings. The average molecular weight is 310 g/mol. The molecule has 3 nitrogen and oxygen atoms in total. The maximum atomic E-state index is 5.18. The van der Waals surface area contributed by atoms with Crippen LogP contribution in [0.1, 0.15) is 24.0 Å². The van der Waals surface area contributed by atoms with Gasteiger partial charge in [0.05, 0.1) is 7.11 Å². The molecule has 3 heteroatoms. The van der Waals surface area contributed by atoms with Crippen molar-refractivity contribution < 1.29 is 4.74 Å². The normalized spacial score (nSPS) is 14.2. The summed E-state index contributed by atoms with van der Waals surface area (Å²) in [5.74, 6) is 0.916. The van der Waals surface area contributed by atoms with Crippen molar-refractivity contribution >= 4 is 5.69 Å². The van der Waals surface area contributed by atoms with E-state index in [4.69, 9.17) is 4.74 Å². The van der Waals surface area contributed by atoms with Crippen LogP contribution in [0.5, 0.6) is 5.75 Å². The van der Waals surface area contributed by atoms with Crippen LogP contribution in [0.3, 0.4) is 0 Å². The van der Waals surface area contributed by atoms with Gasteiger partial charge in [0.25, 0.3) is 0 Å². The van der Waals surface area contributed by atoms with Gasteiger partial charge in [-0.3, -0.25) is 0 Å². The highest BCUT2D eigenvalue weighted by Gasteiger charge is 2.11. The number of ether oxygens (including phenoxy) is 1. The number of hydrogen-bond donors (Lipinski definition) is 1. The zero-order valence-electron chi connectivity index (χ0n) is 13.9. The van der Waals surface area contributed by atoms with Gasteiger partial charge in [0.2, 0.25) is 0 Å². The van der Waals surface area contributed by atoms with Crippen LogP contribution < -0.4 is 15.0 Å². The van der Waals surface area contributed by atoms with E-state index in [1.807, 2.05) is 12.1 Å². The van der Waals surface area contributed by atoms with Crippen LogP contribution >= 0.6 is 0 Å². The highest BCUT2D eigenvalue weighted by molar-refractivity contribution is 5.48. The number of hydrogen-bond acceptors (Lipinski definition) is 3. The molecule has 1 saturated heterocycles. The van der Waals surface area contributed by atoms with Gasteiger partial charge >= 0.3 is 0 Å². The molecule has 2 aromatic carbocycles. The number of nitrogens with zero attached hydrogens (tertiary/aromatic N) is 1. The fourth-order valence-corrected chi connectivity index (χ4v) is 3.06. The molecule has 0 unspecified atom stereocenters. The van der Waals surface area contributed by atoms with Gasteiger partial charge in [0.1, 0.15) is 5.75 Å². The lowest BCUT2D eigenvalue weighted by molar-refractivity contribution is 0.414. The van der Waals surface area contributed by atoms with Crippen molar-refractivity contribution in [3.8, 4) is 5.75 Å². The van der Waals surface area contributed by atoms with E-state index in [2.05, 4.69) is 46.6 Å². The summed E-state index contributed by atoms with van der Waals surface area (Å²) in [4.78, 5) is 2.47. The van der Waals surface area contributed by atoms with Crippen LogP contribution in [-0.4, -0.2) is 26.7 Å². The van der Waals surface area contributed by atoms with E-state index >= 15 is 0 Å². The Morgan fingerprint density at radius 3 is 2.22 bits per heavy atom. The summed E-state index contributed by atoms with van der Waals surface area (Å²) in [6.07, 6.45) is 3.69. The first-order chi connectivity index (χ1) is 11.3. The van der Waals surface area contributed by atoms with Crippen molar-refractivity contribution in [1.82, 2.24) is 5.32 Å². The second-order valence-electron chi connectivity index (χ2n) is 6.14. The van der Waals surface area contributed by atoms with E-state index in [9.17, 15) is 0 Å². The third kappa shape index (κ3) is 4.49. The lowest BCUT2D eigenvalue weighted by Crippen LogP contribution is -2.18. The zero-order valence-corrected chi connectivity index (χ0v) is 13.9. The van der Waals surface area contributed by atoms with Crippen LogP contribution in [0.15, 0.2) is 48.5 Å². The molecule has 0 radical (unpaired) electrons. The Morgan fingerprint density at radius 2 is 1.57 bits per heavy atom. The minimum absolute atomic E-state index is 0.916. The van der Waals surface area contributed by atoms with Crippen LogP contribution in [0.4, 0.5) is 5.69 Å². The van der Waals surface area contributed by atoms with Crippen LogP contribution in [0.25, 0.3) is 0 Å². The Hall–Kier alpha value is -2.00. The minimum atomic E-state index is 0.916. The van der Waals surface area contributed by atoms with Gasteiger partial charge < -0.3 is 15.0 Å². The second kappa shape index (κ2) is 8.02. The summed E-state index contributed by atoms with van der Waals surface area (Å²) in [5, 5.41) is 3.52. The lowest BCUT2D eigenvalue weighted by atomic mass is 10.1. The first kappa shape index (κ1) is 15.9. The number of nitrogens with one attached hydrogen (secondary N) is 1. The molecule has 0 atom stereocenters. The van der Waals surface area contributed by atoms with E-state index in [1.165, 1.54) is 42.7 Å². The fourth-order valence-electron chi connectivity index (χ4n) is 3.06. The molecule has 23 heavy (non-hydrogen) atoms. The Labute approximate surface area is 139 Å². The van der Waals surface area contributed by atoms with Gasteiger partial charge in [-0.25, -0.2) is 0 Å². The smallest absolute Gasteiger partial charge is 0.118 e. The molecule has 0 aliphatic carbocycles. The van der Waals surface area contributed by atoms with Gasteiger partial charge in [-0.2, -0.15) is 0 Å². The molecule has 1 N–H and O–H groups in total. The largest absolute Gasteiger partial charge is 0.497 e. The number of methoxy groups -OCH3 is 1. The minimum Gasteiger partial charge on any atom is -0.497 e. The first-order valence-electron chi connectivity index (χ1n) is 8.53. The van der Waals surface area contributed by atoms with Crippen molar-refractivity contribution in [2.75, 3.05) is 31.6 Å². The third-order valence-corrected chi connectivity index (χ3v) is 4.49. The molecule has 3 rings (SSSR count). The van der Waals surface area contributed by atoms with Crippen LogP contribution in [0, 0.1) is 0 Å². The highest BCUT2D eigenvalue weighted by Crippen LogP contribution is 2.20. The molecule has 2 aromatic rings. The Kier molecular flexibility index (Phi) is 5.54. The average Bonchev–Trinajstić information content (AvgIpc) is 3.14. The molecule has 122 valence electrons. The van der Waals surface area contributed by atoms with Gasteiger partial charge in [-0.05, 0) is 61.2 Å². The van der Waals surface area contributed by atoms with E-state index in [0.29, 0.717) is 0 Å². The monoisotopic (exact) mass is 310 g/mol. The maximum absolute atomic E-state index is 5.18.